The fourth-order valence-corrected chi connectivity index (χ4v) is 6.19. The molecule has 0 radical (unpaired) electrons. The minimum atomic E-state index is -0.191. The number of hydrogen-bond donors (Lipinski definition) is 1. The molecule has 5 atom stereocenters. The Hall–Kier alpha value is -0.270. The van der Waals surface area contributed by atoms with Gasteiger partial charge in [0.05, 0.1) is 19.6 Å². The summed E-state index contributed by atoms with van der Waals surface area (Å²) >= 11 is 5.67. The van der Waals surface area contributed by atoms with Gasteiger partial charge in [-0.1, -0.05) is 15.9 Å². The predicted molar refractivity (Wildman–Crippen MR) is 99.4 cm³/mol. The molecule has 3 aliphatic rings. The van der Waals surface area contributed by atoms with E-state index in [1.54, 1.807) is 0 Å². The lowest BCUT2D eigenvalue weighted by atomic mass is 9.80. The fourth-order valence-electron chi connectivity index (χ4n) is 4.51. The highest BCUT2D eigenvalue weighted by Crippen LogP contribution is 2.47. The lowest BCUT2D eigenvalue weighted by Gasteiger charge is -2.33. The average Bonchev–Trinajstić information content (AvgIpc) is 2.93. The van der Waals surface area contributed by atoms with E-state index in [1.165, 1.54) is 7.11 Å². The first kappa shape index (κ1) is 18.5. The van der Waals surface area contributed by atoms with Gasteiger partial charge in [-0.15, -0.1) is 0 Å². The average molecular weight is 419 g/mol. The Morgan fingerprint density at radius 2 is 2.00 bits per heavy atom. The number of carbonyl (C=O) groups excluding carboxylic acids is 2. The Morgan fingerprint density at radius 1 is 1.25 bits per heavy atom. The van der Waals surface area contributed by atoms with Crippen molar-refractivity contribution in [3.05, 3.63) is 0 Å². The Balaban J connectivity index is 1.64. The Bertz CT molecular complexity index is 473. The van der Waals surface area contributed by atoms with Crippen molar-refractivity contribution in [1.29, 1.82) is 0 Å². The van der Waals surface area contributed by atoms with Gasteiger partial charge >= 0.3 is 5.97 Å². The number of thioether (sulfide) groups is 1. The van der Waals surface area contributed by atoms with Crippen LogP contribution in [0.2, 0.25) is 0 Å². The van der Waals surface area contributed by atoms with Crippen molar-refractivity contribution >= 4 is 39.6 Å². The number of methoxy groups -OCH3 is 1. The standard InChI is InChI=1S/C17H27BrN2O3S/c1-23-17(22)14-8-11-2-3-12(18)9-13(11)16(14)19-15(21)10-20-4-6-24-7-5-20/h11-14,16H,2-10H2,1H3,(H,19,21). The second-order valence-corrected chi connectivity index (χ2v) is 9.70. The molecular formula is C17H27BrN2O3S. The largest absolute Gasteiger partial charge is 0.469 e. The zero-order chi connectivity index (χ0) is 17.1. The number of hydrogen-bond acceptors (Lipinski definition) is 5. The SMILES string of the molecule is COC(=O)C1CC2CCC(Br)CC2C1NC(=O)CN1CCSCC1. The predicted octanol–water partition coefficient (Wildman–Crippen LogP) is 1.89. The summed E-state index contributed by atoms with van der Waals surface area (Å²) in [6.07, 6.45) is 4.16. The summed E-state index contributed by atoms with van der Waals surface area (Å²) in [4.78, 5) is 27.5. The first-order valence-corrected chi connectivity index (χ1v) is 11.0. The number of esters is 1. The van der Waals surface area contributed by atoms with E-state index in [0.29, 0.717) is 23.2 Å². The highest BCUT2D eigenvalue weighted by molar-refractivity contribution is 9.09. The third-order valence-corrected chi connectivity index (χ3v) is 7.51. The maximum absolute atomic E-state index is 12.6. The van der Waals surface area contributed by atoms with E-state index in [1.807, 2.05) is 11.8 Å². The first-order chi connectivity index (χ1) is 11.6. The second-order valence-electron chi connectivity index (χ2n) is 7.18. The molecule has 0 spiro atoms. The molecule has 1 heterocycles. The van der Waals surface area contributed by atoms with Crippen molar-refractivity contribution in [2.24, 2.45) is 17.8 Å². The first-order valence-electron chi connectivity index (χ1n) is 8.90. The van der Waals surface area contributed by atoms with Crippen LogP contribution in [0.25, 0.3) is 0 Å². The molecule has 0 bridgehead atoms. The normalized spacial score (nSPS) is 36.8. The van der Waals surface area contributed by atoms with Crippen LogP contribution in [0.5, 0.6) is 0 Å². The van der Waals surface area contributed by atoms with Gasteiger partial charge in [0, 0.05) is 35.5 Å². The van der Waals surface area contributed by atoms with E-state index in [0.717, 1.165) is 50.3 Å². The Labute approximate surface area is 156 Å². The van der Waals surface area contributed by atoms with Gasteiger partial charge in [-0.3, -0.25) is 14.5 Å². The molecule has 2 aliphatic carbocycles. The molecule has 0 aromatic carbocycles. The molecule has 24 heavy (non-hydrogen) atoms. The molecule has 1 amide bonds. The number of alkyl halides is 1. The topological polar surface area (TPSA) is 58.6 Å². The Kier molecular flexibility index (Phi) is 6.49. The monoisotopic (exact) mass is 418 g/mol. The molecule has 7 heteroatoms. The number of amides is 1. The molecule has 1 saturated heterocycles. The molecule has 0 aromatic heterocycles. The molecule has 5 unspecified atom stereocenters. The van der Waals surface area contributed by atoms with Crippen LogP contribution in [0, 0.1) is 17.8 Å². The van der Waals surface area contributed by atoms with Crippen molar-refractivity contribution in [3.8, 4) is 0 Å². The summed E-state index contributed by atoms with van der Waals surface area (Å²) in [6, 6.07) is -0.0746. The van der Waals surface area contributed by atoms with Gasteiger partial charge in [-0.25, -0.2) is 0 Å². The van der Waals surface area contributed by atoms with E-state index in [-0.39, 0.29) is 23.8 Å². The van der Waals surface area contributed by atoms with Gasteiger partial charge in [0.15, 0.2) is 0 Å². The fraction of sp³-hybridized carbons (Fsp3) is 0.882. The molecule has 3 rings (SSSR count). The summed E-state index contributed by atoms with van der Waals surface area (Å²) in [5, 5.41) is 3.20. The third-order valence-electron chi connectivity index (χ3n) is 5.74. The molecule has 1 N–H and O–H groups in total. The summed E-state index contributed by atoms with van der Waals surface area (Å²) in [5.74, 6) is 2.79. The highest BCUT2D eigenvalue weighted by Gasteiger charge is 2.49. The van der Waals surface area contributed by atoms with Crippen molar-refractivity contribution in [2.45, 2.75) is 36.6 Å². The van der Waals surface area contributed by atoms with E-state index < -0.39 is 0 Å². The highest BCUT2D eigenvalue weighted by atomic mass is 79.9. The molecule has 136 valence electrons. The number of nitrogens with zero attached hydrogens (tertiary/aromatic N) is 1. The van der Waals surface area contributed by atoms with E-state index in [4.69, 9.17) is 4.74 Å². The van der Waals surface area contributed by atoms with Gasteiger partial charge in [-0.2, -0.15) is 11.8 Å². The number of carbonyl (C=O) groups is 2. The zero-order valence-electron chi connectivity index (χ0n) is 14.2. The van der Waals surface area contributed by atoms with Gasteiger partial charge in [0.2, 0.25) is 5.91 Å². The summed E-state index contributed by atoms with van der Waals surface area (Å²) in [5.41, 5.74) is 0. The van der Waals surface area contributed by atoms with Crippen LogP contribution in [0.15, 0.2) is 0 Å². The van der Waals surface area contributed by atoms with Crippen LogP contribution >= 0.6 is 27.7 Å². The van der Waals surface area contributed by atoms with Crippen LogP contribution < -0.4 is 5.32 Å². The number of nitrogens with one attached hydrogen (secondary N) is 1. The maximum atomic E-state index is 12.6. The quantitative estimate of drug-likeness (QED) is 0.557. The molecule has 1 aliphatic heterocycles. The lowest BCUT2D eigenvalue weighted by molar-refractivity contribution is -0.146. The van der Waals surface area contributed by atoms with Crippen molar-refractivity contribution in [1.82, 2.24) is 10.2 Å². The van der Waals surface area contributed by atoms with E-state index in [2.05, 4.69) is 26.1 Å². The van der Waals surface area contributed by atoms with E-state index in [9.17, 15) is 9.59 Å². The van der Waals surface area contributed by atoms with Gasteiger partial charge < -0.3 is 10.1 Å². The van der Waals surface area contributed by atoms with Gasteiger partial charge in [0.1, 0.15) is 0 Å². The summed E-state index contributed by atoms with van der Waals surface area (Å²) in [7, 11) is 1.45. The van der Waals surface area contributed by atoms with Crippen LogP contribution in [-0.4, -0.2) is 65.9 Å². The second kappa shape index (κ2) is 8.41. The minimum Gasteiger partial charge on any atom is -0.469 e. The maximum Gasteiger partial charge on any atom is 0.310 e. The summed E-state index contributed by atoms with van der Waals surface area (Å²) < 4.78 is 5.01. The van der Waals surface area contributed by atoms with Gasteiger partial charge in [-0.05, 0) is 37.5 Å². The van der Waals surface area contributed by atoms with Crippen LogP contribution in [0.1, 0.15) is 25.7 Å². The smallest absolute Gasteiger partial charge is 0.310 e. The third kappa shape index (κ3) is 4.28. The zero-order valence-corrected chi connectivity index (χ0v) is 16.6. The van der Waals surface area contributed by atoms with Crippen LogP contribution in [-0.2, 0) is 14.3 Å². The molecule has 5 nitrogen and oxygen atoms in total. The minimum absolute atomic E-state index is 0.0538. The van der Waals surface area contributed by atoms with Crippen molar-refractivity contribution in [3.63, 3.8) is 0 Å². The van der Waals surface area contributed by atoms with Crippen molar-refractivity contribution < 1.29 is 14.3 Å². The lowest BCUT2D eigenvalue weighted by Crippen LogP contribution is -2.49. The molecule has 2 saturated carbocycles. The van der Waals surface area contributed by atoms with Crippen molar-refractivity contribution in [2.75, 3.05) is 38.2 Å². The van der Waals surface area contributed by atoms with Crippen LogP contribution in [0.4, 0.5) is 0 Å². The Morgan fingerprint density at radius 3 is 2.71 bits per heavy atom. The van der Waals surface area contributed by atoms with Crippen LogP contribution in [0.3, 0.4) is 0 Å². The number of fused-ring (bicyclic) bond motifs is 1. The number of ether oxygens (including phenoxy) is 1. The molecular weight excluding hydrogens is 392 g/mol. The number of halogens is 1. The number of rotatable bonds is 4. The molecule has 0 aromatic rings. The van der Waals surface area contributed by atoms with E-state index >= 15 is 0 Å². The summed E-state index contributed by atoms with van der Waals surface area (Å²) in [6.45, 7) is 2.39. The molecule has 3 fully saturated rings. The van der Waals surface area contributed by atoms with Gasteiger partial charge in [0.25, 0.3) is 0 Å².